The van der Waals surface area contributed by atoms with Gasteiger partial charge in [0.25, 0.3) is 0 Å². The lowest BCUT2D eigenvalue weighted by molar-refractivity contribution is 1.33. The highest BCUT2D eigenvalue weighted by molar-refractivity contribution is 6.06. The van der Waals surface area contributed by atoms with Crippen LogP contribution >= 0.6 is 0 Å². The second-order valence-electron chi connectivity index (χ2n) is 6.56. The summed E-state index contributed by atoms with van der Waals surface area (Å²) in [4.78, 5) is 12.7. The molecule has 5 N–H and O–H groups in total. The standard InChI is InChI=1S/C21H17N5/c22-15-5-7-17-14(9-15)10-19(24-17)12-1-3-13(4-2-12)21-25-18-8-6-16(23)11-20(18)26-21/h1-9,11H,10,22-23H2,(H,25,26). The molecule has 0 aliphatic carbocycles. The van der Waals surface area contributed by atoms with E-state index in [0.717, 1.165) is 57.2 Å². The molecule has 0 atom stereocenters. The lowest BCUT2D eigenvalue weighted by atomic mass is 10.0. The van der Waals surface area contributed by atoms with Gasteiger partial charge in [0.1, 0.15) is 5.82 Å². The number of hydrogen-bond acceptors (Lipinski definition) is 4. The normalized spacial score (nSPS) is 13.0. The Morgan fingerprint density at radius 3 is 2.38 bits per heavy atom. The Hall–Kier alpha value is -3.60. The first-order chi connectivity index (χ1) is 12.7. The SMILES string of the molecule is Nc1ccc2c(c1)CC(c1ccc(-c3nc4ccc(N)cc4[nH]3)cc1)=N2. The molecular weight excluding hydrogens is 322 g/mol. The van der Waals surface area contributed by atoms with Gasteiger partial charge in [-0.25, -0.2) is 4.98 Å². The van der Waals surface area contributed by atoms with Crippen LogP contribution in [0.2, 0.25) is 0 Å². The molecule has 1 aromatic heterocycles. The molecule has 0 saturated carbocycles. The summed E-state index contributed by atoms with van der Waals surface area (Å²) in [6.07, 6.45) is 0.809. The number of benzene rings is 3. The minimum Gasteiger partial charge on any atom is -0.399 e. The molecule has 0 radical (unpaired) electrons. The summed E-state index contributed by atoms with van der Waals surface area (Å²) in [6.45, 7) is 0. The third kappa shape index (κ3) is 2.41. The summed E-state index contributed by atoms with van der Waals surface area (Å²) in [6, 6.07) is 19.9. The molecule has 5 rings (SSSR count). The number of rotatable bonds is 2. The number of aromatic amines is 1. The van der Waals surface area contributed by atoms with E-state index in [0.29, 0.717) is 0 Å². The zero-order valence-corrected chi connectivity index (χ0v) is 14.0. The maximum absolute atomic E-state index is 5.87. The van der Waals surface area contributed by atoms with Crippen molar-refractivity contribution in [3.05, 3.63) is 71.8 Å². The minimum absolute atomic E-state index is 0.725. The van der Waals surface area contributed by atoms with Gasteiger partial charge in [-0.05, 0) is 47.5 Å². The largest absolute Gasteiger partial charge is 0.399 e. The van der Waals surface area contributed by atoms with Gasteiger partial charge in [0.05, 0.1) is 22.4 Å². The molecule has 0 amide bonds. The van der Waals surface area contributed by atoms with Crippen LogP contribution in [0.5, 0.6) is 0 Å². The predicted molar refractivity (Wildman–Crippen MR) is 107 cm³/mol. The van der Waals surface area contributed by atoms with E-state index in [1.165, 1.54) is 5.56 Å². The van der Waals surface area contributed by atoms with Crippen LogP contribution in [0.3, 0.4) is 0 Å². The van der Waals surface area contributed by atoms with Crippen molar-refractivity contribution in [3.8, 4) is 11.4 Å². The molecule has 5 heteroatoms. The Morgan fingerprint density at radius 2 is 1.54 bits per heavy atom. The molecule has 0 fully saturated rings. The Kier molecular flexibility index (Phi) is 3.09. The molecular formula is C21H17N5. The maximum atomic E-state index is 5.87. The number of aliphatic imine (C=N–C) groups is 1. The Bertz CT molecular complexity index is 1170. The van der Waals surface area contributed by atoms with Crippen molar-refractivity contribution >= 4 is 33.8 Å². The first kappa shape index (κ1) is 14.7. The van der Waals surface area contributed by atoms with Gasteiger partial charge in [0.15, 0.2) is 0 Å². The smallest absolute Gasteiger partial charge is 0.138 e. The zero-order valence-electron chi connectivity index (χ0n) is 14.0. The van der Waals surface area contributed by atoms with E-state index in [1.54, 1.807) is 0 Å². The molecule has 2 heterocycles. The third-order valence-corrected chi connectivity index (χ3v) is 4.71. The van der Waals surface area contributed by atoms with Crippen LogP contribution in [0, 0.1) is 0 Å². The highest BCUT2D eigenvalue weighted by Gasteiger charge is 2.16. The quantitative estimate of drug-likeness (QED) is 0.481. The van der Waals surface area contributed by atoms with Gasteiger partial charge < -0.3 is 16.5 Å². The fourth-order valence-corrected chi connectivity index (χ4v) is 3.37. The number of nitrogen functional groups attached to an aromatic ring is 2. The Labute approximate surface area is 150 Å². The van der Waals surface area contributed by atoms with Crippen molar-refractivity contribution in [2.45, 2.75) is 6.42 Å². The number of fused-ring (bicyclic) bond motifs is 2. The van der Waals surface area contributed by atoms with Crippen molar-refractivity contribution in [3.63, 3.8) is 0 Å². The first-order valence-corrected chi connectivity index (χ1v) is 8.48. The number of nitrogens with two attached hydrogens (primary N) is 2. The average Bonchev–Trinajstić information content (AvgIpc) is 3.25. The van der Waals surface area contributed by atoms with Crippen LogP contribution in [0.25, 0.3) is 22.4 Å². The van der Waals surface area contributed by atoms with Crippen LogP contribution in [-0.2, 0) is 6.42 Å². The van der Waals surface area contributed by atoms with Gasteiger partial charge in [-0.15, -0.1) is 0 Å². The molecule has 0 unspecified atom stereocenters. The molecule has 3 aromatic carbocycles. The summed E-state index contributed by atoms with van der Waals surface area (Å²) < 4.78 is 0. The van der Waals surface area contributed by atoms with E-state index in [9.17, 15) is 0 Å². The van der Waals surface area contributed by atoms with E-state index in [1.807, 2.05) is 36.4 Å². The van der Waals surface area contributed by atoms with Crippen LogP contribution in [0.1, 0.15) is 11.1 Å². The van der Waals surface area contributed by atoms with Gasteiger partial charge >= 0.3 is 0 Å². The second kappa shape index (κ2) is 5.46. The lowest BCUT2D eigenvalue weighted by Crippen LogP contribution is -2.00. The molecule has 1 aliphatic rings. The van der Waals surface area contributed by atoms with E-state index < -0.39 is 0 Å². The highest BCUT2D eigenvalue weighted by Crippen LogP contribution is 2.31. The van der Waals surface area contributed by atoms with Gasteiger partial charge in [-0.3, -0.25) is 4.99 Å². The van der Waals surface area contributed by atoms with Crippen LogP contribution < -0.4 is 11.5 Å². The van der Waals surface area contributed by atoms with E-state index in [-0.39, 0.29) is 0 Å². The molecule has 0 spiro atoms. The van der Waals surface area contributed by atoms with E-state index >= 15 is 0 Å². The fraction of sp³-hybridized carbons (Fsp3) is 0.0476. The van der Waals surface area contributed by atoms with Crippen molar-refractivity contribution < 1.29 is 0 Å². The summed E-state index contributed by atoms with van der Waals surface area (Å²) in [5.41, 5.74) is 20.5. The number of hydrogen-bond donors (Lipinski definition) is 3. The molecule has 5 nitrogen and oxygen atoms in total. The van der Waals surface area contributed by atoms with Crippen molar-refractivity contribution in [2.24, 2.45) is 4.99 Å². The molecule has 126 valence electrons. The van der Waals surface area contributed by atoms with Crippen molar-refractivity contribution in [1.29, 1.82) is 0 Å². The summed E-state index contributed by atoms with van der Waals surface area (Å²) >= 11 is 0. The summed E-state index contributed by atoms with van der Waals surface area (Å²) in [7, 11) is 0. The number of imidazole rings is 1. The monoisotopic (exact) mass is 339 g/mol. The number of aromatic nitrogens is 2. The second-order valence-corrected chi connectivity index (χ2v) is 6.56. The fourth-order valence-electron chi connectivity index (χ4n) is 3.37. The summed E-state index contributed by atoms with van der Waals surface area (Å²) in [5.74, 6) is 0.835. The summed E-state index contributed by atoms with van der Waals surface area (Å²) in [5, 5.41) is 0. The van der Waals surface area contributed by atoms with Crippen molar-refractivity contribution in [2.75, 3.05) is 11.5 Å². The maximum Gasteiger partial charge on any atom is 0.138 e. The van der Waals surface area contributed by atoms with Crippen LogP contribution in [-0.4, -0.2) is 15.7 Å². The number of nitrogens with one attached hydrogen (secondary N) is 1. The number of H-pyrrole nitrogens is 1. The Morgan fingerprint density at radius 1 is 0.808 bits per heavy atom. The topological polar surface area (TPSA) is 93.1 Å². The predicted octanol–water partition coefficient (Wildman–Crippen LogP) is 4.07. The van der Waals surface area contributed by atoms with Gasteiger partial charge in [0.2, 0.25) is 0 Å². The van der Waals surface area contributed by atoms with E-state index in [4.69, 9.17) is 16.5 Å². The third-order valence-electron chi connectivity index (χ3n) is 4.71. The van der Waals surface area contributed by atoms with Crippen molar-refractivity contribution in [1.82, 2.24) is 9.97 Å². The molecule has 4 aromatic rings. The zero-order chi connectivity index (χ0) is 17.7. The average molecular weight is 339 g/mol. The number of nitrogens with zero attached hydrogens (tertiary/aromatic N) is 2. The molecule has 26 heavy (non-hydrogen) atoms. The molecule has 1 aliphatic heterocycles. The minimum atomic E-state index is 0.725. The van der Waals surface area contributed by atoms with Gasteiger partial charge in [-0.2, -0.15) is 0 Å². The molecule has 0 bridgehead atoms. The van der Waals surface area contributed by atoms with Gasteiger partial charge in [0, 0.05) is 23.4 Å². The van der Waals surface area contributed by atoms with Crippen LogP contribution in [0.4, 0.5) is 17.1 Å². The first-order valence-electron chi connectivity index (χ1n) is 8.48. The lowest BCUT2D eigenvalue weighted by Gasteiger charge is -2.02. The highest BCUT2D eigenvalue weighted by atomic mass is 14.9. The molecule has 0 saturated heterocycles. The van der Waals surface area contributed by atoms with Gasteiger partial charge in [-0.1, -0.05) is 24.3 Å². The van der Waals surface area contributed by atoms with E-state index in [2.05, 4.69) is 34.2 Å². The Balaban J connectivity index is 1.46. The van der Waals surface area contributed by atoms with Crippen LogP contribution in [0.15, 0.2) is 65.7 Å². The number of anilines is 2.